The molecule has 0 aliphatic heterocycles. The highest BCUT2D eigenvalue weighted by molar-refractivity contribution is 5.82. The van der Waals surface area contributed by atoms with Crippen LogP contribution in [0.25, 0.3) is 0 Å². The van der Waals surface area contributed by atoms with Gasteiger partial charge in [0.2, 0.25) is 0 Å². The highest BCUT2D eigenvalue weighted by Crippen LogP contribution is 2.37. The van der Waals surface area contributed by atoms with Crippen molar-refractivity contribution >= 4 is 17.2 Å². The molecule has 1 fully saturated rings. The van der Waals surface area contributed by atoms with Gasteiger partial charge in [0.1, 0.15) is 5.78 Å². The van der Waals surface area contributed by atoms with Crippen LogP contribution in [0.3, 0.4) is 0 Å². The molecule has 0 saturated heterocycles. The van der Waals surface area contributed by atoms with Crippen molar-refractivity contribution in [3.05, 3.63) is 58.7 Å². The number of benzene rings is 2. The van der Waals surface area contributed by atoms with Crippen LogP contribution in [-0.4, -0.2) is 5.78 Å². The summed E-state index contributed by atoms with van der Waals surface area (Å²) in [6, 6.07) is 9.08. The zero-order valence-corrected chi connectivity index (χ0v) is 17.6. The number of halogens is 3. The van der Waals surface area contributed by atoms with Gasteiger partial charge in [-0.2, -0.15) is 13.2 Å². The summed E-state index contributed by atoms with van der Waals surface area (Å²) in [7, 11) is 0. The number of anilines is 2. The molecule has 0 aromatic heterocycles. The van der Waals surface area contributed by atoms with Gasteiger partial charge < -0.3 is 11.1 Å². The quantitative estimate of drug-likeness (QED) is 0.495. The molecule has 3 N–H and O–H groups in total. The summed E-state index contributed by atoms with van der Waals surface area (Å²) in [6.45, 7) is 0. The molecule has 2 aromatic carbocycles. The highest BCUT2D eigenvalue weighted by Gasteiger charge is 2.30. The molecule has 2 aliphatic rings. The number of ketones is 1. The van der Waals surface area contributed by atoms with E-state index in [0.717, 1.165) is 48.1 Å². The van der Waals surface area contributed by atoms with Gasteiger partial charge in [0.05, 0.1) is 11.6 Å². The lowest BCUT2D eigenvalue weighted by Gasteiger charge is -2.18. The molecule has 1 atom stereocenters. The molecule has 3 nitrogen and oxygen atoms in total. The minimum Gasteiger partial charge on any atom is -0.398 e. The van der Waals surface area contributed by atoms with E-state index in [-0.39, 0.29) is 11.8 Å². The first kappa shape index (κ1) is 21.7. The van der Waals surface area contributed by atoms with E-state index in [0.29, 0.717) is 30.1 Å². The van der Waals surface area contributed by atoms with Crippen molar-refractivity contribution < 1.29 is 18.0 Å². The number of nitrogen functional groups attached to an aromatic ring is 1. The number of carbonyl (C=O) groups excluding carboxylic acids is 1. The van der Waals surface area contributed by atoms with Crippen LogP contribution in [0.5, 0.6) is 0 Å². The van der Waals surface area contributed by atoms with Crippen molar-refractivity contribution in [2.45, 2.75) is 70.0 Å². The monoisotopic (exact) mass is 430 g/mol. The zero-order chi connectivity index (χ0) is 22.0. The van der Waals surface area contributed by atoms with E-state index in [1.807, 2.05) is 12.1 Å². The summed E-state index contributed by atoms with van der Waals surface area (Å²) >= 11 is 0. The van der Waals surface area contributed by atoms with Crippen LogP contribution in [0.4, 0.5) is 24.5 Å². The molecule has 0 heterocycles. The van der Waals surface area contributed by atoms with Crippen molar-refractivity contribution in [1.29, 1.82) is 0 Å². The third-order valence-electron chi connectivity index (χ3n) is 6.73. The molecule has 0 bridgehead atoms. The van der Waals surface area contributed by atoms with Gasteiger partial charge in [0, 0.05) is 24.2 Å². The van der Waals surface area contributed by atoms with E-state index in [9.17, 15) is 18.0 Å². The van der Waals surface area contributed by atoms with Gasteiger partial charge in [-0.15, -0.1) is 0 Å². The maximum atomic E-state index is 12.8. The lowest BCUT2D eigenvalue weighted by atomic mass is 9.95. The van der Waals surface area contributed by atoms with Gasteiger partial charge in [0.25, 0.3) is 0 Å². The van der Waals surface area contributed by atoms with E-state index < -0.39 is 11.7 Å². The minimum absolute atomic E-state index is 0.00107. The fourth-order valence-corrected chi connectivity index (χ4v) is 4.95. The average molecular weight is 431 g/mol. The summed E-state index contributed by atoms with van der Waals surface area (Å²) in [4.78, 5) is 12.5. The molecule has 2 aliphatic carbocycles. The number of hydrogen-bond donors (Lipinski definition) is 2. The number of alkyl halides is 3. The van der Waals surface area contributed by atoms with E-state index in [1.54, 1.807) is 0 Å². The second-order valence-corrected chi connectivity index (χ2v) is 8.97. The molecule has 31 heavy (non-hydrogen) atoms. The number of aryl methyl sites for hydroxylation is 1. The summed E-state index contributed by atoms with van der Waals surface area (Å²) in [5, 5.41) is 3.32. The smallest absolute Gasteiger partial charge is 0.398 e. The fourth-order valence-electron chi connectivity index (χ4n) is 4.95. The standard InChI is InChI=1S/C25H29F3N2O/c26-25(27,28)19-7-9-20(10-8-19)30-24-12-6-17-13-18(23(29)15-22(17)24)14-21(31)11-5-16-3-1-2-4-16/h7-10,13,15-16,24,30H,1-6,11-12,14,29H2. The third kappa shape index (κ3) is 5.23. The second-order valence-electron chi connectivity index (χ2n) is 8.97. The Bertz CT molecular complexity index is 931. The Labute approximate surface area is 181 Å². The number of nitrogens with one attached hydrogen (secondary N) is 1. The van der Waals surface area contributed by atoms with Crippen LogP contribution in [0.1, 0.15) is 73.2 Å². The maximum absolute atomic E-state index is 12.8. The highest BCUT2D eigenvalue weighted by atomic mass is 19.4. The first-order valence-corrected chi connectivity index (χ1v) is 11.2. The van der Waals surface area contributed by atoms with Crippen LogP contribution < -0.4 is 11.1 Å². The Morgan fingerprint density at radius 2 is 1.77 bits per heavy atom. The Morgan fingerprint density at radius 1 is 1.06 bits per heavy atom. The summed E-state index contributed by atoms with van der Waals surface area (Å²) in [5.41, 5.74) is 10.0. The lowest BCUT2D eigenvalue weighted by molar-refractivity contribution is -0.137. The molecule has 4 rings (SSSR count). The summed E-state index contributed by atoms with van der Waals surface area (Å²) < 4.78 is 38.3. The number of Topliss-reactive ketones (excluding diaryl/α,β-unsaturated/α-hetero) is 1. The molecule has 6 heteroatoms. The molecule has 0 radical (unpaired) electrons. The van der Waals surface area contributed by atoms with E-state index in [4.69, 9.17) is 5.73 Å². The van der Waals surface area contributed by atoms with Gasteiger partial charge >= 0.3 is 6.18 Å². The second kappa shape index (κ2) is 8.93. The maximum Gasteiger partial charge on any atom is 0.416 e. The largest absolute Gasteiger partial charge is 0.416 e. The predicted octanol–water partition coefficient (Wildman–Crippen LogP) is 6.47. The molecule has 0 spiro atoms. The first-order chi connectivity index (χ1) is 14.8. The minimum atomic E-state index is -4.34. The van der Waals surface area contributed by atoms with E-state index in [2.05, 4.69) is 5.32 Å². The molecule has 2 aromatic rings. The molecule has 166 valence electrons. The van der Waals surface area contributed by atoms with E-state index >= 15 is 0 Å². The number of nitrogens with two attached hydrogens (primary N) is 1. The van der Waals surface area contributed by atoms with Crippen LogP contribution in [0.15, 0.2) is 36.4 Å². The zero-order valence-electron chi connectivity index (χ0n) is 17.6. The Balaban J connectivity index is 1.39. The summed E-state index contributed by atoms with van der Waals surface area (Å²) in [6.07, 6.45) is 4.44. The van der Waals surface area contributed by atoms with Crippen molar-refractivity contribution in [2.24, 2.45) is 5.92 Å². The van der Waals surface area contributed by atoms with Crippen LogP contribution in [0, 0.1) is 5.92 Å². The van der Waals surface area contributed by atoms with Gasteiger partial charge in [0.15, 0.2) is 0 Å². The van der Waals surface area contributed by atoms with Crippen molar-refractivity contribution in [3.8, 4) is 0 Å². The molecular weight excluding hydrogens is 401 g/mol. The Morgan fingerprint density at radius 3 is 2.45 bits per heavy atom. The molecule has 0 amide bonds. The Hall–Kier alpha value is -2.50. The van der Waals surface area contributed by atoms with Crippen LogP contribution in [0.2, 0.25) is 0 Å². The summed E-state index contributed by atoms with van der Waals surface area (Å²) in [5.74, 6) is 0.953. The van der Waals surface area contributed by atoms with Crippen LogP contribution in [-0.2, 0) is 23.8 Å². The lowest BCUT2D eigenvalue weighted by Crippen LogP contribution is -2.10. The number of rotatable bonds is 7. The number of carbonyl (C=O) groups is 1. The van der Waals surface area contributed by atoms with Crippen molar-refractivity contribution in [1.82, 2.24) is 0 Å². The van der Waals surface area contributed by atoms with Gasteiger partial charge in [-0.25, -0.2) is 0 Å². The SMILES string of the molecule is Nc1cc2c(cc1CC(=O)CCC1CCCC1)CCC2Nc1ccc(C(F)(F)F)cc1. The van der Waals surface area contributed by atoms with Crippen LogP contribution >= 0.6 is 0 Å². The Kier molecular flexibility index (Phi) is 6.26. The molecule has 1 saturated carbocycles. The average Bonchev–Trinajstić information content (AvgIpc) is 3.37. The van der Waals surface area contributed by atoms with E-state index in [1.165, 1.54) is 37.8 Å². The van der Waals surface area contributed by atoms with Gasteiger partial charge in [-0.05, 0) is 72.2 Å². The third-order valence-corrected chi connectivity index (χ3v) is 6.73. The van der Waals surface area contributed by atoms with Crippen molar-refractivity contribution in [3.63, 3.8) is 0 Å². The van der Waals surface area contributed by atoms with Crippen molar-refractivity contribution in [2.75, 3.05) is 11.1 Å². The van der Waals surface area contributed by atoms with Gasteiger partial charge in [-0.1, -0.05) is 31.7 Å². The number of fused-ring (bicyclic) bond motifs is 1. The fraction of sp³-hybridized carbons (Fsp3) is 0.480. The molecular formula is C25H29F3N2O. The predicted molar refractivity (Wildman–Crippen MR) is 117 cm³/mol. The molecule has 1 unspecified atom stereocenters. The van der Waals surface area contributed by atoms with Gasteiger partial charge in [-0.3, -0.25) is 4.79 Å². The number of hydrogen-bond acceptors (Lipinski definition) is 3. The normalized spacial score (nSPS) is 18.9. The topological polar surface area (TPSA) is 55.1 Å². The first-order valence-electron chi connectivity index (χ1n) is 11.2.